The molecule has 0 aromatic carbocycles. The monoisotopic (exact) mass is 405 g/mol. The van der Waals surface area contributed by atoms with Gasteiger partial charge in [-0.1, -0.05) is 0 Å². The molecule has 0 spiro atoms. The van der Waals surface area contributed by atoms with Crippen LogP contribution in [0.4, 0.5) is 0 Å². The highest BCUT2D eigenvalue weighted by molar-refractivity contribution is 7.69. The van der Waals surface area contributed by atoms with E-state index in [4.69, 9.17) is 26.6 Å². The highest BCUT2D eigenvalue weighted by Gasteiger charge is 2.38. The molecule has 0 saturated heterocycles. The van der Waals surface area contributed by atoms with Crippen molar-refractivity contribution >= 4 is 28.5 Å². The van der Waals surface area contributed by atoms with Crippen molar-refractivity contribution in [2.45, 2.75) is 24.9 Å². The van der Waals surface area contributed by atoms with E-state index in [1.165, 1.54) is 47.0 Å². The summed E-state index contributed by atoms with van der Waals surface area (Å²) >= 11 is 0. The molecule has 0 fully saturated rings. The topological polar surface area (TPSA) is 92.8 Å². The molecule has 12 heteroatoms. The zero-order chi connectivity index (χ0) is 18.6. The van der Waals surface area contributed by atoms with Crippen LogP contribution in [0.15, 0.2) is 0 Å². The van der Waals surface area contributed by atoms with E-state index in [1.54, 1.807) is 0 Å². The van der Waals surface area contributed by atoms with E-state index in [0.29, 0.717) is 38.0 Å². The maximum absolute atomic E-state index is 11.4. The number of rotatable bonds is 15. The summed E-state index contributed by atoms with van der Waals surface area (Å²) in [6.45, 7) is 0.760. The lowest BCUT2D eigenvalue weighted by molar-refractivity contribution is 0.121. The van der Waals surface area contributed by atoms with Crippen LogP contribution in [0.2, 0.25) is 12.1 Å². The van der Waals surface area contributed by atoms with Crippen LogP contribution in [-0.4, -0.2) is 86.1 Å². The first-order valence-corrected chi connectivity index (χ1v) is 12.6. The zero-order valence-electron chi connectivity index (χ0n) is 15.4. The molecule has 0 atom stereocenters. The van der Waals surface area contributed by atoms with Crippen LogP contribution in [0, 0.1) is 0 Å². The third kappa shape index (κ3) is 7.55. The quantitative estimate of drug-likeness (QED) is 0.308. The lowest BCUT2D eigenvalue weighted by Crippen LogP contribution is -2.44. The third-order valence-electron chi connectivity index (χ3n) is 3.90. The molecule has 0 rings (SSSR count). The molecule has 0 radical (unpaired) electrons. The Morgan fingerprint density at radius 2 is 0.958 bits per heavy atom. The maximum atomic E-state index is 11.4. The summed E-state index contributed by atoms with van der Waals surface area (Å²) in [5.74, 6) is 0. The second-order valence-electron chi connectivity index (χ2n) is 4.99. The average Bonchev–Trinajstić information content (AvgIpc) is 2.61. The molecule has 146 valence electrons. The molecule has 0 aliphatic rings. The highest BCUT2D eigenvalue weighted by Crippen LogP contribution is 2.17. The van der Waals surface area contributed by atoms with Crippen LogP contribution in [0.3, 0.4) is 0 Å². The van der Waals surface area contributed by atoms with Crippen molar-refractivity contribution in [3.8, 4) is 0 Å². The van der Waals surface area contributed by atoms with Gasteiger partial charge in [0.15, 0.2) is 0 Å². The third-order valence-corrected chi connectivity index (χ3v) is 10.4. The van der Waals surface area contributed by atoms with Gasteiger partial charge in [0.2, 0.25) is 10.9 Å². The Labute approximate surface area is 148 Å². The molecule has 0 aromatic rings. The summed E-state index contributed by atoms with van der Waals surface area (Å²) < 4.78 is 56.2. The molecule has 0 bridgehead atoms. The van der Waals surface area contributed by atoms with Crippen molar-refractivity contribution in [1.82, 2.24) is 4.31 Å². The molecule has 0 aliphatic carbocycles. The maximum Gasteiger partial charge on any atom is 0.500 e. The fraction of sp³-hybridized carbons (Fsp3) is 1.00. The average molecular weight is 406 g/mol. The molecule has 0 aliphatic heterocycles. The Kier molecular flexibility index (Phi) is 12.5. The molecule has 0 heterocycles. The predicted octanol–water partition coefficient (Wildman–Crippen LogP) is 0.351. The van der Waals surface area contributed by atoms with E-state index in [2.05, 4.69) is 0 Å². The van der Waals surface area contributed by atoms with Gasteiger partial charge in [-0.05, 0) is 12.8 Å². The minimum atomic E-state index is -2.67. The summed E-state index contributed by atoms with van der Waals surface area (Å²) in [6.07, 6.45) is 1.18. The van der Waals surface area contributed by atoms with Gasteiger partial charge in [-0.15, -0.1) is 0 Å². The first kappa shape index (κ1) is 24.1. The molecular weight excluding hydrogens is 374 g/mol. The molecule has 0 N–H and O–H groups in total. The van der Waals surface area contributed by atoms with Crippen LogP contribution >= 0.6 is 0 Å². The summed E-state index contributed by atoms with van der Waals surface area (Å²) in [7, 11) is 1.21. The van der Waals surface area contributed by atoms with E-state index < -0.39 is 28.5 Å². The van der Waals surface area contributed by atoms with E-state index in [1.807, 2.05) is 0 Å². The van der Waals surface area contributed by atoms with Gasteiger partial charge in [0.1, 0.15) is 0 Å². The second-order valence-corrected chi connectivity index (χ2v) is 12.2. The van der Waals surface area contributed by atoms with Gasteiger partial charge >= 0.3 is 17.6 Å². The van der Waals surface area contributed by atoms with Gasteiger partial charge in [0, 0.05) is 67.8 Å². The minimum absolute atomic E-state index is 0.380. The molecule has 0 unspecified atom stereocenters. The minimum Gasteiger partial charge on any atom is -0.377 e. The fourth-order valence-electron chi connectivity index (χ4n) is 2.34. The Morgan fingerprint density at radius 1 is 0.667 bits per heavy atom. The van der Waals surface area contributed by atoms with Crippen LogP contribution in [0.5, 0.6) is 0 Å². The number of hydrogen-bond acceptors (Lipinski definition) is 8. The molecule has 24 heavy (non-hydrogen) atoms. The summed E-state index contributed by atoms with van der Waals surface area (Å²) in [5.41, 5.74) is 0. The smallest absolute Gasteiger partial charge is 0.377 e. The molecular formula is C12H31NO8SSi2. The standard InChI is InChI=1S/C12H31NO8SSi2/c1-16-23(17-2,18-3)11-7-9-13(22(14)15)10-8-12-24(19-4,20-5)21-6/h22H,7-12H2,1-6H3. The summed E-state index contributed by atoms with van der Waals surface area (Å²) in [5, 5.41) is 0. The lowest BCUT2D eigenvalue weighted by atomic mass is 10.4. The van der Waals surface area contributed by atoms with Crippen molar-refractivity contribution in [2.24, 2.45) is 0 Å². The Hall–Kier alpha value is 0.104. The van der Waals surface area contributed by atoms with Crippen LogP contribution in [0.1, 0.15) is 12.8 Å². The van der Waals surface area contributed by atoms with Crippen molar-refractivity contribution in [1.29, 1.82) is 0 Å². The lowest BCUT2D eigenvalue weighted by Gasteiger charge is -2.26. The van der Waals surface area contributed by atoms with E-state index in [-0.39, 0.29) is 0 Å². The Morgan fingerprint density at radius 3 is 1.17 bits per heavy atom. The molecule has 0 amide bonds. The van der Waals surface area contributed by atoms with E-state index >= 15 is 0 Å². The normalized spacial score (nSPS) is 13.2. The SMILES string of the molecule is CO[Si](CCCN(CCC[Si](OC)(OC)OC)[SH](=O)=O)(OC)OC. The van der Waals surface area contributed by atoms with E-state index in [9.17, 15) is 8.42 Å². The number of thiol groups is 1. The predicted molar refractivity (Wildman–Crippen MR) is 94.3 cm³/mol. The summed E-state index contributed by atoms with van der Waals surface area (Å²) in [6, 6.07) is 1.09. The fourth-order valence-corrected chi connectivity index (χ4v) is 6.36. The molecule has 0 saturated carbocycles. The zero-order valence-corrected chi connectivity index (χ0v) is 18.3. The van der Waals surface area contributed by atoms with Gasteiger partial charge in [-0.3, -0.25) is 0 Å². The summed E-state index contributed by atoms with van der Waals surface area (Å²) in [4.78, 5) is 0. The van der Waals surface area contributed by atoms with Crippen molar-refractivity contribution in [3.63, 3.8) is 0 Å². The van der Waals surface area contributed by atoms with Crippen LogP contribution in [-0.2, 0) is 37.4 Å². The molecule has 9 nitrogen and oxygen atoms in total. The van der Waals surface area contributed by atoms with Gasteiger partial charge in [0.05, 0.1) is 0 Å². The van der Waals surface area contributed by atoms with Gasteiger partial charge in [0.25, 0.3) is 0 Å². The van der Waals surface area contributed by atoms with E-state index in [0.717, 1.165) is 0 Å². The van der Waals surface area contributed by atoms with Gasteiger partial charge in [-0.2, -0.15) is 0 Å². The van der Waals surface area contributed by atoms with Crippen LogP contribution in [0.25, 0.3) is 0 Å². The van der Waals surface area contributed by atoms with Crippen molar-refractivity contribution in [3.05, 3.63) is 0 Å². The van der Waals surface area contributed by atoms with Gasteiger partial charge < -0.3 is 26.6 Å². The first-order chi connectivity index (χ1) is 11.4. The van der Waals surface area contributed by atoms with Crippen LogP contribution < -0.4 is 0 Å². The molecule has 0 aromatic heterocycles. The van der Waals surface area contributed by atoms with Crippen molar-refractivity contribution < 1.29 is 35.0 Å². The Bertz CT molecular complexity index is 354. The second kappa shape index (κ2) is 12.5. The highest BCUT2D eigenvalue weighted by atomic mass is 32.2. The largest absolute Gasteiger partial charge is 0.500 e. The number of nitrogens with zero attached hydrogens (tertiary/aromatic N) is 1. The Balaban J connectivity index is 4.47. The van der Waals surface area contributed by atoms with Crippen molar-refractivity contribution in [2.75, 3.05) is 55.7 Å². The first-order valence-electron chi connectivity index (χ1n) is 7.58. The number of hydrogen-bond donors (Lipinski definition) is 1. The van der Waals surface area contributed by atoms with Gasteiger partial charge in [-0.25, -0.2) is 12.7 Å².